The number of unbranched alkanes of at least 4 members (excludes halogenated alkanes) is 1. The van der Waals surface area contributed by atoms with Crippen molar-refractivity contribution >= 4 is 17.1 Å². The second-order valence-electron chi connectivity index (χ2n) is 7.47. The Bertz CT molecular complexity index is 751. The van der Waals surface area contributed by atoms with Crippen molar-refractivity contribution in [3.8, 4) is 0 Å². The Morgan fingerprint density at radius 2 is 1.28 bits per heavy atom. The van der Waals surface area contributed by atoms with Crippen LogP contribution in [0.2, 0.25) is 0 Å². The molecule has 0 aliphatic heterocycles. The maximum atomic E-state index is 8.60. The van der Waals surface area contributed by atoms with Crippen molar-refractivity contribution in [3.63, 3.8) is 0 Å². The number of likely N-dealkylation sites (N-methyl/N-ethyl adjacent to an activating group) is 1. The Balaban J connectivity index is 1.64. The van der Waals surface area contributed by atoms with Crippen molar-refractivity contribution in [2.24, 2.45) is 10.2 Å². The highest BCUT2D eigenvalue weighted by Crippen LogP contribution is 2.22. The number of ether oxygens (including phenoxy) is 3. The van der Waals surface area contributed by atoms with Gasteiger partial charge in [0.15, 0.2) is 0 Å². The Morgan fingerprint density at radius 3 is 1.84 bits per heavy atom. The Hall–Kier alpha value is -2.32. The molecule has 0 saturated carbocycles. The summed E-state index contributed by atoms with van der Waals surface area (Å²) in [6.07, 6.45) is 3.53. The lowest BCUT2D eigenvalue weighted by atomic mass is 10.1. The van der Waals surface area contributed by atoms with Gasteiger partial charge in [-0.25, -0.2) is 0 Å². The highest BCUT2D eigenvalue weighted by Gasteiger charge is 2.01. The zero-order valence-electron chi connectivity index (χ0n) is 19.4. The zero-order valence-corrected chi connectivity index (χ0v) is 19.4. The van der Waals surface area contributed by atoms with Crippen LogP contribution in [-0.2, 0) is 20.6 Å². The van der Waals surface area contributed by atoms with Gasteiger partial charge in [0.25, 0.3) is 0 Å². The van der Waals surface area contributed by atoms with Crippen LogP contribution in [0.15, 0.2) is 58.8 Å². The number of anilines is 1. The highest BCUT2D eigenvalue weighted by atomic mass is 16.5. The van der Waals surface area contributed by atoms with Gasteiger partial charge >= 0.3 is 0 Å². The number of nitrogens with zero attached hydrogens (tertiary/aromatic N) is 3. The van der Waals surface area contributed by atoms with E-state index in [9.17, 15) is 0 Å². The van der Waals surface area contributed by atoms with Crippen LogP contribution in [0.1, 0.15) is 25.3 Å². The largest absolute Gasteiger partial charge is 0.394 e. The average Bonchev–Trinajstić information content (AvgIpc) is 2.83. The molecule has 0 aliphatic rings. The highest BCUT2D eigenvalue weighted by molar-refractivity contribution is 5.52. The van der Waals surface area contributed by atoms with E-state index in [1.165, 1.54) is 18.4 Å². The lowest BCUT2D eigenvalue weighted by molar-refractivity contribution is 0.00881. The molecule has 0 aromatic heterocycles. The molecule has 2 aromatic rings. The first-order valence-corrected chi connectivity index (χ1v) is 11.4. The quantitative estimate of drug-likeness (QED) is 0.277. The van der Waals surface area contributed by atoms with Gasteiger partial charge in [0, 0.05) is 19.3 Å². The predicted molar refractivity (Wildman–Crippen MR) is 128 cm³/mol. The molecular weight excluding hydrogens is 406 g/mol. The molecule has 7 heteroatoms. The van der Waals surface area contributed by atoms with E-state index in [2.05, 4.69) is 34.2 Å². The molecule has 0 fully saturated rings. The number of aryl methyl sites for hydroxylation is 1. The van der Waals surface area contributed by atoms with Crippen LogP contribution in [0.3, 0.4) is 0 Å². The van der Waals surface area contributed by atoms with E-state index in [0.717, 1.165) is 30.0 Å². The summed E-state index contributed by atoms with van der Waals surface area (Å²) in [5.41, 5.74) is 4.14. The fourth-order valence-corrected chi connectivity index (χ4v) is 2.94. The number of benzene rings is 2. The molecule has 1 N–H and O–H groups in total. The standard InChI is InChI=1S/C25H37N3O4/c1-3-4-5-22-6-8-23(9-7-22)26-27-24-10-12-25(13-11-24)28(2)14-16-30-18-20-32-21-19-31-17-15-29/h6-13,29H,3-5,14-21H2,1-2H3. The third-order valence-corrected chi connectivity index (χ3v) is 4.88. The third kappa shape index (κ3) is 10.8. The lowest BCUT2D eigenvalue weighted by Gasteiger charge is -2.19. The van der Waals surface area contributed by atoms with Gasteiger partial charge in [-0.05, 0) is 54.8 Å². The number of rotatable bonds is 17. The second kappa shape index (κ2) is 16.3. The molecule has 7 nitrogen and oxygen atoms in total. The molecule has 0 spiro atoms. The predicted octanol–water partition coefficient (Wildman–Crippen LogP) is 4.92. The van der Waals surface area contributed by atoms with Crippen LogP contribution in [0.5, 0.6) is 0 Å². The topological polar surface area (TPSA) is 75.9 Å². The summed E-state index contributed by atoms with van der Waals surface area (Å²) in [5.74, 6) is 0. The Kier molecular flexibility index (Phi) is 13.2. The fraction of sp³-hybridized carbons (Fsp3) is 0.520. The van der Waals surface area contributed by atoms with Crippen molar-refractivity contribution in [1.29, 1.82) is 0 Å². The maximum Gasteiger partial charge on any atom is 0.0858 e. The fourth-order valence-electron chi connectivity index (χ4n) is 2.94. The zero-order chi connectivity index (χ0) is 22.9. The van der Waals surface area contributed by atoms with Crippen molar-refractivity contribution < 1.29 is 19.3 Å². The molecule has 0 radical (unpaired) electrons. The van der Waals surface area contributed by atoms with Crippen LogP contribution in [0.4, 0.5) is 17.1 Å². The molecule has 176 valence electrons. The monoisotopic (exact) mass is 443 g/mol. The van der Waals surface area contributed by atoms with Gasteiger partial charge < -0.3 is 24.2 Å². The van der Waals surface area contributed by atoms with Crippen LogP contribution < -0.4 is 4.90 Å². The van der Waals surface area contributed by atoms with Gasteiger partial charge in [-0.3, -0.25) is 0 Å². The SMILES string of the molecule is CCCCc1ccc(N=Nc2ccc(N(C)CCOCCOCCOCCO)cc2)cc1. The summed E-state index contributed by atoms with van der Waals surface area (Å²) in [5, 5.41) is 17.3. The van der Waals surface area contributed by atoms with Crippen LogP contribution in [0.25, 0.3) is 0 Å². The molecule has 0 amide bonds. The second-order valence-corrected chi connectivity index (χ2v) is 7.47. The molecule has 2 rings (SSSR count). The normalized spacial score (nSPS) is 11.3. The van der Waals surface area contributed by atoms with Crippen molar-refractivity contribution in [2.45, 2.75) is 26.2 Å². The van der Waals surface area contributed by atoms with Crippen LogP contribution in [-0.4, -0.2) is 64.9 Å². The maximum absolute atomic E-state index is 8.60. The number of hydrogen-bond donors (Lipinski definition) is 1. The molecule has 2 aromatic carbocycles. The van der Waals surface area contributed by atoms with E-state index in [-0.39, 0.29) is 6.61 Å². The van der Waals surface area contributed by atoms with Crippen molar-refractivity contribution in [1.82, 2.24) is 0 Å². The van der Waals surface area contributed by atoms with Gasteiger partial charge in [-0.2, -0.15) is 10.2 Å². The summed E-state index contributed by atoms with van der Waals surface area (Å²) in [6, 6.07) is 16.3. The van der Waals surface area contributed by atoms with Crippen molar-refractivity contribution in [3.05, 3.63) is 54.1 Å². The Morgan fingerprint density at radius 1 is 0.750 bits per heavy atom. The average molecular weight is 444 g/mol. The minimum Gasteiger partial charge on any atom is -0.394 e. The van der Waals surface area contributed by atoms with E-state index in [1.807, 2.05) is 43.4 Å². The molecular formula is C25H37N3O4. The van der Waals surface area contributed by atoms with Crippen LogP contribution >= 0.6 is 0 Å². The van der Waals surface area contributed by atoms with E-state index >= 15 is 0 Å². The third-order valence-electron chi connectivity index (χ3n) is 4.88. The molecule has 32 heavy (non-hydrogen) atoms. The lowest BCUT2D eigenvalue weighted by Crippen LogP contribution is -2.23. The number of azo groups is 1. The Labute approximate surface area is 192 Å². The molecule has 0 bridgehead atoms. The summed E-state index contributed by atoms with van der Waals surface area (Å²) in [6.45, 7) is 6.08. The molecule has 0 saturated heterocycles. The molecule has 0 atom stereocenters. The van der Waals surface area contributed by atoms with Crippen molar-refractivity contribution in [2.75, 3.05) is 64.7 Å². The molecule has 0 unspecified atom stereocenters. The first-order valence-electron chi connectivity index (χ1n) is 11.4. The van der Waals surface area contributed by atoms with E-state index in [0.29, 0.717) is 39.6 Å². The molecule has 0 heterocycles. The first-order chi connectivity index (χ1) is 15.7. The van der Waals surface area contributed by atoms with Gasteiger partial charge in [-0.1, -0.05) is 25.5 Å². The summed E-state index contributed by atoms with van der Waals surface area (Å²) in [4.78, 5) is 2.14. The number of aliphatic hydroxyl groups is 1. The minimum absolute atomic E-state index is 0.0388. The van der Waals surface area contributed by atoms with E-state index in [4.69, 9.17) is 19.3 Å². The minimum atomic E-state index is 0.0388. The first kappa shape index (κ1) is 25.9. The molecule has 0 aliphatic carbocycles. The summed E-state index contributed by atoms with van der Waals surface area (Å²) < 4.78 is 16.1. The van der Waals surface area contributed by atoms with Gasteiger partial charge in [-0.15, -0.1) is 0 Å². The van der Waals surface area contributed by atoms with Crippen LogP contribution in [0, 0.1) is 0 Å². The van der Waals surface area contributed by atoms with E-state index in [1.54, 1.807) is 0 Å². The van der Waals surface area contributed by atoms with Gasteiger partial charge in [0.1, 0.15) is 0 Å². The summed E-state index contributed by atoms with van der Waals surface area (Å²) >= 11 is 0. The van der Waals surface area contributed by atoms with E-state index < -0.39 is 0 Å². The smallest absolute Gasteiger partial charge is 0.0858 e. The van der Waals surface area contributed by atoms with Gasteiger partial charge in [0.05, 0.1) is 57.6 Å². The number of hydrogen-bond acceptors (Lipinski definition) is 7. The number of aliphatic hydroxyl groups excluding tert-OH is 1. The van der Waals surface area contributed by atoms with Gasteiger partial charge in [0.2, 0.25) is 0 Å². The summed E-state index contributed by atoms with van der Waals surface area (Å²) in [7, 11) is 2.04.